The Morgan fingerprint density at radius 2 is 1.98 bits per heavy atom. The minimum absolute atomic E-state index is 0.0110. The van der Waals surface area contributed by atoms with Gasteiger partial charge in [-0.15, -0.1) is 4.36 Å². The SMILES string of the molecule is CO[C@H]1/C=C/C[C@H](C)C[S@@](=O)(NC(=O)c2cc3n(c2)CCOC3)=NC(=O)c2ccc3c(c2)N(Cc2ccc(Cl)cc2[C@H]2C[C@H]2CCO3)C[C@@H]2CC[C@H]21. The Hall–Kier alpha value is -3.64. The summed E-state index contributed by atoms with van der Waals surface area (Å²) in [6.45, 7) is 5.48. The summed E-state index contributed by atoms with van der Waals surface area (Å²) in [5.74, 6) is 1.09. The summed E-state index contributed by atoms with van der Waals surface area (Å²) in [5, 5.41) is 0.739. The van der Waals surface area contributed by atoms with Gasteiger partial charge in [0.05, 0.1) is 42.9 Å². The molecule has 0 spiro atoms. The highest BCUT2D eigenvalue weighted by molar-refractivity contribution is 7.92. The lowest BCUT2D eigenvalue weighted by Gasteiger charge is -2.43. The number of rotatable bonds is 3. The Kier molecular flexibility index (Phi) is 9.97. The molecule has 3 aromatic rings. The van der Waals surface area contributed by atoms with Crippen LogP contribution in [0.25, 0.3) is 0 Å². The van der Waals surface area contributed by atoms with Crippen molar-refractivity contribution in [3.63, 3.8) is 0 Å². The van der Waals surface area contributed by atoms with Gasteiger partial charge in [-0.1, -0.05) is 36.7 Å². The van der Waals surface area contributed by atoms with Crippen LogP contribution < -0.4 is 14.4 Å². The number of allylic oxidation sites excluding steroid dienone is 1. The molecule has 1 aromatic heterocycles. The first-order valence-electron chi connectivity index (χ1n) is 18.5. The van der Waals surface area contributed by atoms with Gasteiger partial charge < -0.3 is 23.7 Å². The van der Waals surface area contributed by atoms with Crippen molar-refractivity contribution in [2.75, 3.05) is 37.5 Å². The number of hydrogen-bond acceptors (Lipinski definition) is 7. The first-order valence-corrected chi connectivity index (χ1v) is 20.6. The van der Waals surface area contributed by atoms with Gasteiger partial charge in [-0.25, -0.2) is 4.21 Å². The molecule has 2 aliphatic carbocycles. The van der Waals surface area contributed by atoms with E-state index < -0.39 is 21.7 Å². The number of nitrogens with one attached hydrogen (secondary N) is 1. The molecule has 12 heteroatoms. The highest BCUT2D eigenvalue weighted by atomic mass is 35.5. The number of carbonyl (C=O) groups is 2. The highest BCUT2D eigenvalue weighted by Gasteiger charge is 2.41. The predicted molar refractivity (Wildman–Crippen MR) is 201 cm³/mol. The van der Waals surface area contributed by atoms with Crippen LogP contribution in [0.2, 0.25) is 5.02 Å². The molecule has 276 valence electrons. The van der Waals surface area contributed by atoms with Crippen molar-refractivity contribution in [1.29, 1.82) is 0 Å². The second-order valence-electron chi connectivity index (χ2n) is 15.2. The van der Waals surface area contributed by atoms with Crippen LogP contribution in [-0.2, 0) is 39.1 Å². The molecule has 0 saturated heterocycles. The number of benzene rings is 2. The zero-order valence-corrected chi connectivity index (χ0v) is 31.4. The Balaban J connectivity index is 1.20. The molecule has 2 saturated carbocycles. The van der Waals surface area contributed by atoms with Crippen molar-refractivity contribution < 1.29 is 28.0 Å². The molecule has 8 rings (SSSR count). The monoisotopic (exact) mass is 746 g/mol. The Morgan fingerprint density at radius 3 is 2.79 bits per heavy atom. The molecule has 10 nitrogen and oxygen atoms in total. The molecule has 5 aliphatic rings. The first kappa shape index (κ1) is 35.4. The third kappa shape index (κ3) is 7.42. The summed E-state index contributed by atoms with van der Waals surface area (Å²) in [6.07, 6.45) is 10.7. The van der Waals surface area contributed by atoms with E-state index in [0.717, 1.165) is 48.6 Å². The van der Waals surface area contributed by atoms with Crippen molar-refractivity contribution in [2.45, 2.75) is 70.7 Å². The van der Waals surface area contributed by atoms with E-state index in [4.69, 9.17) is 25.8 Å². The molecule has 52 heavy (non-hydrogen) atoms. The van der Waals surface area contributed by atoms with Gasteiger partial charge in [0.1, 0.15) is 15.7 Å². The third-order valence-electron chi connectivity index (χ3n) is 11.5. The molecular weight excluding hydrogens is 700 g/mol. The van der Waals surface area contributed by atoms with Gasteiger partial charge in [0, 0.05) is 49.2 Å². The fraction of sp³-hybridized carbons (Fsp3) is 0.500. The molecule has 1 N–H and O–H groups in total. The van der Waals surface area contributed by atoms with E-state index in [2.05, 4.69) is 38.3 Å². The predicted octanol–water partition coefficient (Wildman–Crippen LogP) is 7.15. The van der Waals surface area contributed by atoms with Crippen molar-refractivity contribution >= 4 is 39.0 Å². The van der Waals surface area contributed by atoms with Gasteiger partial charge in [0.25, 0.3) is 11.8 Å². The highest BCUT2D eigenvalue weighted by Crippen LogP contribution is 2.52. The summed E-state index contributed by atoms with van der Waals surface area (Å²) in [5.41, 5.74) is 4.83. The van der Waals surface area contributed by atoms with Gasteiger partial charge in [-0.2, -0.15) is 0 Å². The number of carbonyl (C=O) groups excluding carboxylic acids is 2. The number of hydrogen-bond donors (Lipinski definition) is 1. The maximum absolute atomic E-state index is 14.7. The van der Waals surface area contributed by atoms with Crippen molar-refractivity contribution in [1.82, 2.24) is 9.29 Å². The van der Waals surface area contributed by atoms with Crippen LogP contribution >= 0.6 is 11.6 Å². The standard InChI is InChI=1S/C40H47ClN4O6S/c1-25-4-3-5-37(49-2)33-10-7-28(33)20-45-21-29-6-9-31(41)19-35(29)34-17-26(34)12-14-51-38-11-8-27(18-36(38)45)39(46)42-52(48,24-25)43-40(47)30-16-32-23-50-15-13-44(32)22-30/h3,5-6,8-9,11,16,18-19,22,25-26,28,33-34,37H,4,7,10,12-15,17,20-21,23-24H2,1-2H3,(H,42,43,46,47,48)/b5-3+/t25-,26+,28-,33+,34-,37-,52-/m0/s1. The summed E-state index contributed by atoms with van der Waals surface area (Å²) < 4.78 is 41.7. The van der Waals surface area contributed by atoms with Crippen LogP contribution in [-0.4, -0.2) is 59.3 Å². The molecule has 7 atom stereocenters. The van der Waals surface area contributed by atoms with E-state index in [1.807, 2.05) is 29.7 Å². The van der Waals surface area contributed by atoms with Crippen molar-refractivity contribution in [2.24, 2.45) is 28.0 Å². The number of amides is 2. The summed E-state index contributed by atoms with van der Waals surface area (Å²) in [6, 6.07) is 13.3. The average molecular weight is 747 g/mol. The topological polar surface area (TPSA) is 111 Å². The molecule has 3 aliphatic heterocycles. The maximum Gasteiger partial charge on any atom is 0.286 e. The average Bonchev–Trinajstić information content (AvgIpc) is 3.74. The van der Waals surface area contributed by atoms with E-state index >= 15 is 0 Å². The van der Waals surface area contributed by atoms with E-state index in [1.165, 1.54) is 11.1 Å². The Labute approximate surface area is 311 Å². The smallest absolute Gasteiger partial charge is 0.286 e. The zero-order chi connectivity index (χ0) is 36.0. The van der Waals surface area contributed by atoms with Crippen LogP contribution in [0.5, 0.6) is 5.75 Å². The number of fused-ring (bicyclic) bond motifs is 6. The molecule has 2 aromatic carbocycles. The number of halogens is 1. The van der Waals surface area contributed by atoms with Crippen molar-refractivity contribution in [3.05, 3.63) is 93.8 Å². The lowest BCUT2D eigenvalue weighted by atomic mass is 9.70. The third-order valence-corrected chi connectivity index (χ3v) is 13.8. The Bertz CT molecular complexity index is 2000. The largest absolute Gasteiger partial charge is 0.491 e. The molecule has 4 heterocycles. The van der Waals surface area contributed by atoms with E-state index in [-0.39, 0.29) is 17.8 Å². The number of aromatic nitrogens is 1. The van der Waals surface area contributed by atoms with Crippen molar-refractivity contribution in [3.8, 4) is 5.75 Å². The lowest BCUT2D eigenvalue weighted by Crippen LogP contribution is -2.43. The van der Waals surface area contributed by atoms with Gasteiger partial charge in [0.2, 0.25) is 0 Å². The van der Waals surface area contributed by atoms with Crippen LogP contribution in [0.15, 0.2) is 65.2 Å². The molecule has 0 radical (unpaired) electrons. The molecule has 2 bridgehead atoms. The number of anilines is 1. The van der Waals surface area contributed by atoms with Gasteiger partial charge >= 0.3 is 0 Å². The summed E-state index contributed by atoms with van der Waals surface area (Å²) >= 11 is 6.55. The van der Waals surface area contributed by atoms with Crippen LogP contribution in [0.3, 0.4) is 0 Å². The fourth-order valence-electron chi connectivity index (χ4n) is 8.47. The zero-order valence-electron chi connectivity index (χ0n) is 29.8. The van der Waals surface area contributed by atoms with E-state index in [9.17, 15) is 13.8 Å². The van der Waals surface area contributed by atoms with Crippen LogP contribution in [0.1, 0.15) is 82.5 Å². The minimum atomic E-state index is -3.54. The maximum atomic E-state index is 14.7. The second kappa shape index (κ2) is 14.6. The number of nitrogens with zero attached hydrogens (tertiary/aromatic N) is 3. The Morgan fingerprint density at radius 1 is 1.10 bits per heavy atom. The minimum Gasteiger partial charge on any atom is -0.491 e. The molecule has 2 fully saturated rings. The van der Waals surface area contributed by atoms with Crippen LogP contribution in [0, 0.1) is 23.7 Å². The van der Waals surface area contributed by atoms with Gasteiger partial charge in [-0.05, 0) is 109 Å². The van der Waals surface area contributed by atoms with E-state index in [1.54, 1.807) is 25.4 Å². The van der Waals surface area contributed by atoms with Gasteiger partial charge in [0.15, 0.2) is 0 Å². The van der Waals surface area contributed by atoms with Gasteiger partial charge in [-0.3, -0.25) is 14.3 Å². The fourth-order valence-corrected chi connectivity index (χ4v) is 10.5. The number of ether oxygens (including phenoxy) is 3. The quantitative estimate of drug-likeness (QED) is 0.284. The summed E-state index contributed by atoms with van der Waals surface area (Å²) in [4.78, 5) is 30.0. The molecular formula is C40H47ClN4O6S. The molecule has 0 unspecified atom stereocenters. The first-order chi connectivity index (χ1) is 25.2. The van der Waals surface area contributed by atoms with Crippen LogP contribution in [0.4, 0.5) is 5.69 Å². The number of methoxy groups -OCH3 is 1. The second-order valence-corrected chi connectivity index (χ2v) is 17.7. The van der Waals surface area contributed by atoms with E-state index in [0.29, 0.717) is 79.9 Å². The lowest BCUT2D eigenvalue weighted by molar-refractivity contribution is 0.0133. The summed E-state index contributed by atoms with van der Waals surface area (Å²) in [7, 11) is -1.77. The molecule has 2 amide bonds. The normalized spacial score (nSPS) is 30.8.